The van der Waals surface area contributed by atoms with Crippen LogP contribution in [0, 0.1) is 0 Å². The van der Waals surface area contributed by atoms with E-state index in [0.29, 0.717) is 6.42 Å². The Morgan fingerprint density at radius 3 is 2.84 bits per heavy atom. The molecule has 0 aliphatic rings. The van der Waals surface area contributed by atoms with Gasteiger partial charge in [0.2, 0.25) is 0 Å². The monoisotopic (exact) mass is 259 g/mol. The largest absolute Gasteiger partial charge is 0.328 e. The Balaban J connectivity index is 2.36. The number of benzene rings is 1. The van der Waals surface area contributed by atoms with Crippen molar-refractivity contribution >= 4 is 16.8 Å². The summed E-state index contributed by atoms with van der Waals surface area (Å²) in [7, 11) is 1.80. The lowest BCUT2D eigenvalue weighted by atomic mass is 10.1. The molecule has 0 amide bonds. The van der Waals surface area contributed by atoms with Crippen LogP contribution >= 0.6 is 0 Å². The van der Waals surface area contributed by atoms with Crippen molar-refractivity contribution in [1.82, 2.24) is 14.9 Å². The van der Waals surface area contributed by atoms with Gasteiger partial charge in [0, 0.05) is 6.54 Å². The van der Waals surface area contributed by atoms with Gasteiger partial charge in [-0.1, -0.05) is 19.1 Å². The van der Waals surface area contributed by atoms with Gasteiger partial charge in [-0.2, -0.15) is 0 Å². The van der Waals surface area contributed by atoms with Gasteiger partial charge in [-0.15, -0.1) is 0 Å². The van der Waals surface area contributed by atoms with E-state index in [4.69, 9.17) is 0 Å². The number of ketones is 1. The van der Waals surface area contributed by atoms with Crippen LogP contribution in [0.2, 0.25) is 0 Å². The summed E-state index contributed by atoms with van der Waals surface area (Å²) < 4.78 is 2.16. The summed E-state index contributed by atoms with van der Waals surface area (Å²) >= 11 is 0. The maximum absolute atomic E-state index is 12.1. The zero-order valence-electron chi connectivity index (χ0n) is 11.8. The number of aryl methyl sites for hydroxylation is 1. The number of aromatic nitrogens is 2. The van der Waals surface area contributed by atoms with E-state index in [1.807, 2.05) is 25.1 Å². The van der Waals surface area contributed by atoms with E-state index in [1.54, 1.807) is 7.05 Å². The topological polar surface area (TPSA) is 46.9 Å². The number of carbonyl (C=O) groups excluding carboxylic acids is 1. The van der Waals surface area contributed by atoms with Crippen molar-refractivity contribution in [2.75, 3.05) is 7.05 Å². The molecule has 102 valence electrons. The van der Waals surface area contributed by atoms with Crippen molar-refractivity contribution in [2.45, 2.75) is 39.3 Å². The first-order valence-corrected chi connectivity index (χ1v) is 6.81. The van der Waals surface area contributed by atoms with Gasteiger partial charge in [-0.3, -0.25) is 4.79 Å². The molecule has 0 bridgehead atoms. The normalized spacial score (nSPS) is 12.8. The summed E-state index contributed by atoms with van der Waals surface area (Å²) in [6.45, 7) is 4.92. The molecule has 2 aromatic rings. The molecule has 0 radical (unpaired) electrons. The zero-order valence-corrected chi connectivity index (χ0v) is 11.8. The van der Waals surface area contributed by atoms with Crippen LogP contribution in [0.1, 0.15) is 26.1 Å². The second-order valence-electron chi connectivity index (χ2n) is 4.82. The molecule has 0 saturated heterocycles. The van der Waals surface area contributed by atoms with Gasteiger partial charge in [0.15, 0.2) is 5.78 Å². The summed E-state index contributed by atoms with van der Waals surface area (Å²) in [5.41, 5.74) is 2.08. The van der Waals surface area contributed by atoms with E-state index >= 15 is 0 Å². The molecule has 0 fully saturated rings. The number of rotatable bonds is 6. The van der Waals surface area contributed by atoms with E-state index in [1.165, 1.54) is 0 Å². The molecule has 1 unspecified atom stereocenters. The van der Waals surface area contributed by atoms with Gasteiger partial charge in [-0.05, 0) is 32.5 Å². The third kappa shape index (κ3) is 2.84. The third-order valence-electron chi connectivity index (χ3n) is 3.43. The fourth-order valence-electron chi connectivity index (χ4n) is 2.20. The Kier molecular flexibility index (Phi) is 4.32. The molecule has 1 heterocycles. The van der Waals surface area contributed by atoms with E-state index in [0.717, 1.165) is 29.8 Å². The molecule has 1 aromatic heterocycles. The molecule has 4 heteroatoms. The SMILES string of the molecule is CCCn1c(CC(=O)C(C)NC)nc2ccccc21. The summed E-state index contributed by atoms with van der Waals surface area (Å²) in [5, 5.41) is 2.98. The van der Waals surface area contributed by atoms with E-state index in [2.05, 4.69) is 27.9 Å². The molecule has 0 spiro atoms. The van der Waals surface area contributed by atoms with Crippen LogP contribution in [0.3, 0.4) is 0 Å². The van der Waals surface area contributed by atoms with Crippen molar-refractivity contribution in [3.8, 4) is 0 Å². The van der Waals surface area contributed by atoms with Crippen molar-refractivity contribution in [3.05, 3.63) is 30.1 Å². The van der Waals surface area contributed by atoms with Crippen LogP contribution in [0.4, 0.5) is 0 Å². The number of hydrogen-bond acceptors (Lipinski definition) is 3. The predicted molar refractivity (Wildman–Crippen MR) is 77.3 cm³/mol. The Morgan fingerprint density at radius 1 is 1.42 bits per heavy atom. The minimum Gasteiger partial charge on any atom is -0.328 e. The second kappa shape index (κ2) is 5.97. The minimum atomic E-state index is -0.130. The average Bonchev–Trinajstić information content (AvgIpc) is 2.76. The van der Waals surface area contributed by atoms with Crippen LogP contribution in [-0.2, 0) is 17.8 Å². The van der Waals surface area contributed by atoms with Crippen LogP contribution < -0.4 is 5.32 Å². The van der Waals surface area contributed by atoms with E-state index < -0.39 is 0 Å². The molecular weight excluding hydrogens is 238 g/mol. The number of nitrogens with one attached hydrogen (secondary N) is 1. The lowest BCUT2D eigenvalue weighted by Gasteiger charge is -2.10. The second-order valence-corrected chi connectivity index (χ2v) is 4.82. The molecule has 1 aromatic carbocycles. The van der Waals surface area contributed by atoms with Gasteiger partial charge in [-0.25, -0.2) is 4.98 Å². The van der Waals surface area contributed by atoms with Crippen LogP contribution in [0.15, 0.2) is 24.3 Å². The lowest BCUT2D eigenvalue weighted by Crippen LogP contribution is -2.32. The molecule has 2 rings (SSSR count). The first kappa shape index (κ1) is 13.7. The molecule has 0 saturated carbocycles. The number of para-hydroxylation sites is 2. The van der Waals surface area contributed by atoms with Gasteiger partial charge < -0.3 is 9.88 Å². The quantitative estimate of drug-likeness (QED) is 0.865. The number of hydrogen-bond donors (Lipinski definition) is 1. The van der Waals surface area contributed by atoms with E-state index in [-0.39, 0.29) is 11.8 Å². The highest BCUT2D eigenvalue weighted by Crippen LogP contribution is 2.17. The van der Waals surface area contributed by atoms with Gasteiger partial charge in [0.25, 0.3) is 0 Å². The summed E-state index contributed by atoms with van der Waals surface area (Å²) in [6.07, 6.45) is 1.42. The molecule has 1 N–H and O–H groups in total. The number of Topliss-reactive ketones (excluding diaryl/α,β-unsaturated/α-hetero) is 1. The highest BCUT2D eigenvalue weighted by Gasteiger charge is 2.16. The van der Waals surface area contributed by atoms with Crippen LogP contribution in [-0.4, -0.2) is 28.4 Å². The Labute approximate surface area is 113 Å². The maximum Gasteiger partial charge on any atom is 0.156 e. The molecule has 1 atom stereocenters. The molecule has 0 aliphatic carbocycles. The first-order chi connectivity index (χ1) is 9.17. The number of nitrogens with zero attached hydrogens (tertiary/aromatic N) is 2. The fraction of sp³-hybridized carbons (Fsp3) is 0.467. The highest BCUT2D eigenvalue weighted by atomic mass is 16.1. The Bertz CT molecular complexity index is 574. The zero-order chi connectivity index (χ0) is 13.8. The van der Waals surface area contributed by atoms with E-state index in [9.17, 15) is 4.79 Å². The fourth-order valence-corrected chi connectivity index (χ4v) is 2.20. The summed E-state index contributed by atoms with van der Waals surface area (Å²) in [5.74, 6) is 1.05. The molecule has 4 nitrogen and oxygen atoms in total. The number of imidazole rings is 1. The maximum atomic E-state index is 12.1. The van der Waals surface area contributed by atoms with Gasteiger partial charge in [0.1, 0.15) is 5.82 Å². The van der Waals surface area contributed by atoms with Gasteiger partial charge >= 0.3 is 0 Å². The number of likely N-dealkylation sites (N-methyl/N-ethyl adjacent to an activating group) is 1. The summed E-state index contributed by atoms with van der Waals surface area (Å²) in [6, 6.07) is 7.92. The first-order valence-electron chi connectivity index (χ1n) is 6.81. The van der Waals surface area contributed by atoms with Crippen molar-refractivity contribution in [1.29, 1.82) is 0 Å². The Morgan fingerprint density at radius 2 is 2.16 bits per heavy atom. The standard InChI is InChI=1S/C15H21N3O/c1-4-9-18-13-8-6-5-7-12(13)17-15(18)10-14(19)11(2)16-3/h5-8,11,16H,4,9-10H2,1-3H3. The van der Waals surface area contributed by atoms with Crippen molar-refractivity contribution in [3.63, 3.8) is 0 Å². The van der Waals surface area contributed by atoms with Gasteiger partial charge in [0.05, 0.1) is 23.5 Å². The predicted octanol–water partition coefficient (Wildman–Crippen LogP) is 2.17. The number of fused-ring (bicyclic) bond motifs is 1. The van der Waals surface area contributed by atoms with Crippen molar-refractivity contribution < 1.29 is 4.79 Å². The molecule has 0 aliphatic heterocycles. The molecule has 19 heavy (non-hydrogen) atoms. The number of carbonyl (C=O) groups is 1. The smallest absolute Gasteiger partial charge is 0.156 e. The highest BCUT2D eigenvalue weighted by molar-refractivity contribution is 5.86. The van der Waals surface area contributed by atoms with Crippen molar-refractivity contribution in [2.24, 2.45) is 0 Å². The molecular formula is C15H21N3O. The summed E-state index contributed by atoms with van der Waals surface area (Å²) in [4.78, 5) is 16.7. The van der Waals surface area contributed by atoms with Crippen LogP contribution in [0.25, 0.3) is 11.0 Å². The lowest BCUT2D eigenvalue weighted by molar-refractivity contribution is -0.120. The average molecular weight is 259 g/mol. The minimum absolute atomic E-state index is 0.130. The van der Waals surface area contributed by atoms with Crippen LogP contribution in [0.5, 0.6) is 0 Å². The Hall–Kier alpha value is -1.68. The third-order valence-corrected chi connectivity index (χ3v) is 3.43.